The lowest BCUT2D eigenvalue weighted by atomic mass is 10.0. The maximum absolute atomic E-state index is 9.66. The van der Waals surface area contributed by atoms with Gasteiger partial charge in [-0.2, -0.15) is 4.98 Å². The van der Waals surface area contributed by atoms with Crippen molar-refractivity contribution in [2.24, 2.45) is 0 Å². The number of benzene rings is 1. The molecule has 1 aromatic heterocycles. The molecule has 0 unspecified atom stereocenters. The first-order valence-electron chi connectivity index (χ1n) is 7.64. The van der Waals surface area contributed by atoms with Gasteiger partial charge < -0.3 is 14.9 Å². The zero-order chi connectivity index (χ0) is 15.5. The average molecular weight is 302 g/mol. The number of likely N-dealkylation sites (tertiary alicyclic amines) is 1. The molecule has 1 aliphatic rings. The van der Waals surface area contributed by atoms with E-state index >= 15 is 0 Å². The maximum Gasteiger partial charge on any atom is 0.223 e. The van der Waals surface area contributed by atoms with Crippen LogP contribution in [-0.4, -0.2) is 52.9 Å². The van der Waals surface area contributed by atoms with Crippen LogP contribution in [0.2, 0.25) is 0 Å². The summed E-state index contributed by atoms with van der Waals surface area (Å²) in [5, 5.41) is 17.0. The van der Waals surface area contributed by atoms with E-state index in [-0.39, 0.29) is 12.1 Å². The Hall–Kier alpha value is -1.76. The molecule has 2 N–H and O–H groups in total. The molecule has 0 amide bonds. The van der Waals surface area contributed by atoms with Gasteiger partial charge in [-0.3, -0.25) is 4.90 Å². The maximum atomic E-state index is 9.66. The number of aliphatic hydroxyl groups excluding tert-OH is 1. The minimum Gasteiger partial charge on any atom is -0.392 e. The third-order valence-electron chi connectivity index (χ3n) is 4.11. The summed E-state index contributed by atoms with van der Waals surface area (Å²) in [6.45, 7) is 4.36. The summed E-state index contributed by atoms with van der Waals surface area (Å²) in [6, 6.07) is 8.40. The first kappa shape index (κ1) is 15.1. The van der Waals surface area contributed by atoms with Gasteiger partial charge in [0.2, 0.25) is 11.7 Å². The van der Waals surface area contributed by atoms with E-state index in [1.165, 1.54) is 5.56 Å². The van der Waals surface area contributed by atoms with Crippen molar-refractivity contribution in [2.75, 3.05) is 26.7 Å². The van der Waals surface area contributed by atoms with Gasteiger partial charge in [-0.1, -0.05) is 23.4 Å². The number of hydrogen-bond acceptors (Lipinski definition) is 6. The lowest BCUT2D eigenvalue weighted by molar-refractivity contribution is 0.173. The fourth-order valence-corrected chi connectivity index (χ4v) is 2.91. The van der Waals surface area contributed by atoms with Crippen molar-refractivity contribution >= 4 is 0 Å². The van der Waals surface area contributed by atoms with Gasteiger partial charge in [-0.05, 0) is 25.1 Å². The zero-order valence-corrected chi connectivity index (χ0v) is 13.0. The van der Waals surface area contributed by atoms with Crippen LogP contribution >= 0.6 is 0 Å². The molecule has 0 aliphatic carbocycles. The Bertz CT molecular complexity index is 628. The van der Waals surface area contributed by atoms with Gasteiger partial charge in [0.05, 0.1) is 6.10 Å². The number of aliphatic hydroxyl groups is 1. The van der Waals surface area contributed by atoms with Crippen molar-refractivity contribution in [1.82, 2.24) is 20.4 Å². The van der Waals surface area contributed by atoms with Crippen LogP contribution < -0.4 is 5.32 Å². The Morgan fingerprint density at radius 2 is 2.36 bits per heavy atom. The van der Waals surface area contributed by atoms with E-state index < -0.39 is 0 Å². The van der Waals surface area contributed by atoms with Gasteiger partial charge in [-0.25, -0.2) is 0 Å². The smallest absolute Gasteiger partial charge is 0.223 e. The van der Waals surface area contributed by atoms with Gasteiger partial charge in [0, 0.05) is 38.2 Å². The van der Waals surface area contributed by atoms with Crippen molar-refractivity contribution in [1.29, 1.82) is 0 Å². The predicted molar refractivity (Wildman–Crippen MR) is 83.3 cm³/mol. The van der Waals surface area contributed by atoms with Crippen LogP contribution in [0.15, 0.2) is 28.8 Å². The summed E-state index contributed by atoms with van der Waals surface area (Å²) in [7, 11) is 1.96. The normalized spacial score (nSPS) is 20.4. The van der Waals surface area contributed by atoms with E-state index in [2.05, 4.69) is 32.5 Å². The number of rotatable bonds is 5. The molecule has 6 nitrogen and oxygen atoms in total. The highest BCUT2D eigenvalue weighted by atomic mass is 16.5. The van der Waals surface area contributed by atoms with E-state index in [0.29, 0.717) is 11.7 Å². The summed E-state index contributed by atoms with van der Waals surface area (Å²) in [5.41, 5.74) is 2.14. The SMILES string of the molecule is CN[C@H](CN1CC[C@H](O)C1)c1cccc(-c2noc(C)n2)c1. The Morgan fingerprint density at radius 1 is 1.50 bits per heavy atom. The number of aryl methyl sites for hydroxylation is 1. The second-order valence-electron chi connectivity index (χ2n) is 5.81. The van der Waals surface area contributed by atoms with Gasteiger partial charge in [0.25, 0.3) is 0 Å². The van der Waals surface area contributed by atoms with E-state index in [1.807, 2.05) is 19.2 Å². The molecule has 1 aromatic carbocycles. The molecular weight excluding hydrogens is 280 g/mol. The first-order valence-corrected chi connectivity index (χ1v) is 7.64. The summed E-state index contributed by atoms with van der Waals surface area (Å²) in [6.07, 6.45) is 0.671. The Morgan fingerprint density at radius 3 is 3.00 bits per heavy atom. The van der Waals surface area contributed by atoms with Crippen LogP contribution in [0.3, 0.4) is 0 Å². The van der Waals surface area contributed by atoms with Crippen LogP contribution in [0.4, 0.5) is 0 Å². The number of hydrogen-bond donors (Lipinski definition) is 2. The van der Waals surface area contributed by atoms with Crippen molar-refractivity contribution in [2.45, 2.75) is 25.5 Å². The van der Waals surface area contributed by atoms with Crippen molar-refractivity contribution in [3.05, 3.63) is 35.7 Å². The minimum atomic E-state index is -0.189. The molecule has 2 heterocycles. The molecule has 3 rings (SSSR count). The fourth-order valence-electron chi connectivity index (χ4n) is 2.91. The quantitative estimate of drug-likeness (QED) is 0.869. The van der Waals surface area contributed by atoms with Crippen LogP contribution in [0.5, 0.6) is 0 Å². The van der Waals surface area contributed by atoms with Crippen molar-refractivity contribution in [3.63, 3.8) is 0 Å². The monoisotopic (exact) mass is 302 g/mol. The molecule has 6 heteroatoms. The second-order valence-corrected chi connectivity index (χ2v) is 5.81. The molecule has 22 heavy (non-hydrogen) atoms. The Labute approximate surface area is 130 Å². The molecule has 2 atom stereocenters. The lowest BCUT2D eigenvalue weighted by Gasteiger charge is -2.23. The molecule has 0 bridgehead atoms. The van der Waals surface area contributed by atoms with Crippen LogP contribution in [0.25, 0.3) is 11.4 Å². The zero-order valence-electron chi connectivity index (χ0n) is 13.0. The molecule has 118 valence electrons. The van der Waals surface area contributed by atoms with Gasteiger partial charge in [0.15, 0.2) is 0 Å². The van der Waals surface area contributed by atoms with E-state index in [4.69, 9.17) is 4.52 Å². The average Bonchev–Trinajstić information content (AvgIpc) is 3.13. The predicted octanol–water partition coefficient (Wildman–Crippen LogP) is 1.37. The summed E-state index contributed by atoms with van der Waals surface area (Å²) in [4.78, 5) is 6.57. The summed E-state index contributed by atoms with van der Waals surface area (Å²) in [5.74, 6) is 1.18. The molecule has 1 aliphatic heterocycles. The lowest BCUT2D eigenvalue weighted by Crippen LogP contribution is -2.33. The van der Waals surface area contributed by atoms with Gasteiger partial charge in [0.1, 0.15) is 0 Å². The molecule has 1 fully saturated rings. The first-order chi connectivity index (χ1) is 10.7. The summed E-state index contributed by atoms with van der Waals surface area (Å²) >= 11 is 0. The highest BCUT2D eigenvalue weighted by Gasteiger charge is 2.23. The van der Waals surface area contributed by atoms with Crippen LogP contribution in [0.1, 0.15) is 23.9 Å². The van der Waals surface area contributed by atoms with Gasteiger partial charge in [-0.15, -0.1) is 0 Å². The van der Waals surface area contributed by atoms with Crippen LogP contribution in [0, 0.1) is 6.92 Å². The largest absolute Gasteiger partial charge is 0.392 e. The highest BCUT2D eigenvalue weighted by molar-refractivity contribution is 5.55. The van der Waals surface area contributed by atoms with Crippen molar-refractivity contribution < 1.29 is 9.63 Å². The number of nitrogens with zero attached hydrogens (tertiary/aromatic N) is 3. The number of nitrogens with one attached hydrogen (secondary N) is 1. The fraction of sp³-hybridized carbons (Fsp3) is 0.500. The third kappa shape index (κ3) is 3.35. The van der Waals surface area contributed by atoms with E-state index in [9.17, 15) is 5.11 Å². The highest BCUT2D eigenvalue weighted by Crippen LogP contribution is 2.23. The Balaban J connectivity index is 1.77. The molecule has 0 spiro atoms. The second kappa shape index (κ2) is 6.56. The molecule has 0 radical (unpaired) electrons. The molecular formula is C16H22N4O2. The standard InChI is InChI=1S/C16H22N4O2/c1-11-18-16(19-22-11)13-5-3-4-12(8-13)15(17-2)10-20-7-6-14(21)9-20/h3-5,8,14-15,17,21H,6-7,9-10H2,1-2H3/t14-,15+/m0/s1. The molecule has 1 saturated heterocycles. The van der Waals surface area contributed by atoms with Crippen molar-refractivity contribution in [3.8, 4) is 11.4 Å². The minimum absolute atomic E-state index is 0.189. The number of aromatic nitrogens is 2. The third-order valence-corrected chi connectivity index (χ3v) is 4.11. The molecule has 2 aromatic rings. The number of β-amino-alcohol motifs (C(OH)–C–C–N with tert-alkyl or cyclic N) is 1. The van der Waals surface area contributed by atoms with Crippen LogP contribution in [-0.2, 0) is 0 Å². The molecule has 0 saturated carbocycles. The van der Waals surface area contributed by atoms with E-state index in [1.54, 1.807) is 6.92 Å². The van der Waals surface area contributed by atoms with Gasteiger partial charge >= 0.3 is 0 Å². The topological polar surface area (TPSA) is 74.4 Å². The number of likely N-dealkylation sites (N-methyl/N-ethyl adjacent to an activating group) is 1. The van der Waals surface area contributed by atoms with E-state index in [0.717, 1.165) is 31.6 Å². The summed E-state index contributed by atoms with van der Waals surface area (Å²) < 4.78 is 5.05. The Kier molecular flexibility index (Phi) is 4.52.